The minimum absolute atomic E-state index is 0.326. The molecule has 0 saturated carbocycles. The first-order chi connectivity index (χ1) is 7.10. The van der Waals surface area contributed by atoms with Crippen molar-refractivity contribution in [2.24, 2.45) is 0 Å². The van der Waals surface area contributed by atoms with Gasteiger partial charge in [0.15, 0.2) is 0 Å². The maximum absolute atomic E-state index is 11.4. The van der Waals surface area contributed by atoms with E-state index in [0.717, 1.165) is 10.0 Å². The van der Waals surface area contributed by atoms with Crippen LogP contribution in [-0.4, -0.2) is 12.6 Å². The van der Waals surface area contributed by atoms with Gasteiger partial charge >= 0.3 is 5.97 Å². The molecule has 0 aliphatic carbocycles. The highest BCUT2D eigenvalue weighted by Gasteiger charge is 2.11. The normalized spacial score (nSPS) is 9.47. The van der Waals surface area contributed by atoms with Crippen LogP contribution in [0, 0.1) is 18.3 Å². The van der Waals surface area contributed by atoms with E-state index in [0.29, 0.717) is 17.7 Å². The minimum Gasteiger partial charge on any atom is -0.462 e. The van der Waals surface area contributed by atoms with Gasteiger partial charge in [-0.2, -0.15) is 5.26 Å². The summed E-state index contributed by atoms with van der Waals surface area (Å²) >= 11 is 3.30. The summed E-state index contributed by atoms with van der Waals surface area (Å²) < 4.78 is 5.59. The van der Waals surface area contributed by atoms with Gasteiger partial charge < -0.3 is 4.74 Å². The fraction of sp³-hybridized carbons (Fsp3) is 0.273. The van der Waals surface area contributed by atoms with E-state index >= 15 is 0 Å². The SMILES string of the molecule is CCOC(=O)c1cc(Br)c(C)c(C#N)c1. The zero-order chi connectivity index (χ0) is 11.4. The molecular weight excluding hydrogens is 258 g/mol. The second-order valence-electron chi connectivity index (χ2n) is 2.96. The zero-order valence-corrected chi connectivity index (χ0v) is 10.1. The smallest absolute Gasteiger partial charge is 0.338 e. The van der Waals surface area contributed by atoms with Gasteiger partial charge in [0.05, 0.1) is 23.8 Å². The molecule has 78 valence electrons. The number of hydrogen-bond acceptors (Lipinski definition) is 3. The molecule has 0 saturated heterocycles. The molecule has 0 bridgehead atoms. The Hall–Kier alpha value is -1.34. The van der Waals surface area contributed by atoms with E-state index < -0.39 is 5.97 Å². The van der Waals surface area contributed by atoms with Crippen molar-refractivity contribution in [2.45, 2.75) is 13.8 Å². The van der Waals surface area contributed by atoms with Crippen molar-refractivity contribution in [1.82, 2.24) is 0 Å². The average molecular weight is 268 g/mol. The van der Waals surface area contributed by atoms with Crippen LogP contribution >= 0.6 is 15.9 Å². The Balaban J connectivity index is 3.18. The molecule has 15 heavy (non-hydrogen) atoms. The van der Waals surface area contributed by atoms with Gasteiger partial charge in [0.25, 0.3) is 0 Å². The summed E-state index contributed by atoms with van der Waals surface area (Å²) in [6, 6.07) is 5.24. The fourth-order valence-corrected chi connectivity index (χ4v) is 1.59. The summed E-state index contributed by atoms with van der Waals surface area (Å²) in [5, 5.41) is 8.86. The molecule has 0 heterocycles. The number of rotatable bonds is 2. The highest BCUT2D eigenvalue weighted by atomic mass is 79.9. The molecule has 0 fully saturated rings. The molecule has 0 amide bonds. The van der Waals surface area contributed by atoms with E-state index in [4.69, 9.17) is 10.00 Å². The summed E-state index contributed by atoms with van der Waals surface area (Å²) in [5.74, 6) is -0.408. The van der Waals surface area contributed by atoms with Crippen LogP contribution in [0.1, 0.15) is 28.4 Å². The molecule has 3 nitrogen and oxygen atoms in total. The van der Waals surface area contributed by atoms with Crippen molar-refractivity contribution < 1.29 is 9.53 Å². The lowest BCUT2D eigenvalue weighted by Crippen LogP contribution is -2.05. The Morgan fingerprint density at radius 1 is 1.60 bits per heavy atom. The second kappa shape index (κ2) is 4.94. The predicted molar refractivity (Wildman–Crippen MR) is 59.6 cm³/mol. The van der Waals surface area contributed by atoms with Gasteiger partial charge in [-0.25, -0.2) is 4.79 Å². The van der Waals surface area contributed by atoms with E-state index in [1.54, 1.807) is 13.0 Å². The molecule has 1 rings (SSSR count). The van der Waals surface area contributed by atoms with Crippen LogP contribution in [0.3, 0.4) is 0 Å². The minimum atomic E-state index is -0.408. The number of nitrogens with zero attached hydrogens (tertiary/aromatic N) is 1. The largest absolute Gasteiger partial charge is 0.462 e. The van der Waals surface area contributed by atoms with Gasteiger partial charge in [-0.05, 0) is 31.5 Å². The van der Waals surface area contributed by atoms with Crippen LogP contribution < -0.4 is 0 Å². The van der Waals surface area contributed by atoms with Gasteiger partial charge in [0.1, 0.15) is 0 Å². The van der Waals surface area contributed by atoms with Gasteiger partial charge in [0, 0.05) is 4.47 Å². The van der Waals surface area contributed by atoms with Crippen molar-refractivity contribution in [3.8, 4) is 6.07 Å². The lowest BCUT2D eigenvalue weighted by atomic mass is 10.1. The van der Waals surface area contributed by atoms with E-state index in [1.807, 2.05) is 13.0 Å². The number of benzene rings is 1. The Kier molecular flexibility index (Phi) is 3.87. The summed E-state index contributed by atoms with van der Waals surface area (Å²) in [5.41, 5.74) is 1.70. The predicted octanol–water partition coefficient (Wildman–Crippen LogP) is 2.81. The standard InChI is InChI=1S/C11H10BrNO2/c1-3-15-11(14)8-4-9(6-13)7(2)10(12)5-8/h4-5H,3H2,1-2H3. The zero-order valence-electron chi connectivity index (χ0n) is 8.50. The third-order valence-corrected chi connectivity index (χ3v) is 2.80. The number of ether oxygens (including phenoxy) is 1. The Bertz CT molecular complexity index is 435. The number of nitriles is 1. The maximum atomic E-state index is 11.4. The van der Waals surface area contributed by atoms with Crippen LogP contribution in [0.15, 0.2) is 16.6 Å². The van der Waals surface area contributed by atoms with Crippen LogP contribution in [0.2, 0.25) is 0 Å². The van der Waals surface area contributed by atoms with Gasteiger partial charge in [-0.15, -0.1) is 0 Å². The number of halogens is 1. The molecule has 0 radical (unpaired) electrons. The first kappa shape index (κ1) is 11.7. The van der Waals surface area contributed by atoms with Gasteiger partial charge in [0.2, 0.25) is 0 Å². The topological polar surface area (TPSA) is 50.1 Å². The van der Waals surface area contributed by atoms with E-state index in [2.05, 4.69) is 15.9 Å². The quantitative estimate of drug-likeness (QED) is 0.775. The van der Waals surface area contributed by atoms with Crippen LogP contribution in [0.25, 0.3) is 0 Å². The molecule has 0 aliphatic rings. The summed E-state index contributed by atoms with van der Waals surface area (Å²) in [7, 11) is 0. The Morgan fingerprint density at radius 2 is 2.27 bits per heavy atom. The molecule has 0 atom stereocenters. The van der Waals surface area contributed by atoms with E-state index in [-0.39, 0.29) is 0 Å². The molecule has 0 spiro atoms. The first-order valence-corrected chi connectivity index (χ1v) is 5.26. The summed E-state index contributed by atoms with van der Waals surface area (Å²) in [6.45, 7) is 3.89. The number of carbonyl (C=O) groups is 1. The molecule has 0 N–H and O–H groups in total. The summed E-state index contributed by atoms with van der Waals surface area (Å²) in [4.78, 5) is 11.4. The van der Waals surface area contributed by atoms with E-state index in [9.17, 15) is 4.79 Å². The molecule has 1 aromatic rings. The van der Waals surface area contributed by atoms with Gasteiger partial charge in [-0.3, -0.25) is 0 Å². The first-order valence-electron chi connectivity index (χ1n) is 4.47. The fourth-order valence-electron chi connectivity index (χ4n) is 1.13. The highest BCUT2D eigenvalue weighted by Crippen LogP contribution is 2.22. The molecule has 0 unspecified atom stereocenters. The number of carbonyl (C=O) groups excluding carboxylic acids is 1. The second-order valence-corrected chi connectivity index (χ2v) is 3.82. The molecule has 0 aliphatic heterocycles. The van der Waals surface area contributed by atoms with Crippen LogP contribution in [-0.2, 0) is 4.74 Å². The van der Waals surface area contributed by atoms with Crippen molar-refractivity contribution in [1.29, 1.82) is 5.26 Å². The lowest BCUT2D eigenvalue weighted by molar-refractivity contribution is 0.0526. The van der Waals surface area contributed by atoms with Crippen LogP contribution in [0.5, 0.6) is 0 Å². The molecule has 4 heteroatoms. The van der Waals surface area contributed by atoms with E-state index in [1.165, 1.54) is 6.07 Å². The average Bonchev–Trinajstić information content (AvgIpc) is 2.22. The monoisotopic (exact) mass is 267 g/mol. The molecular formula is C11H10BrNO2. The highest BCUT2D eigenvalue weighted by molar-refractivity contribution is 9.10. The summed E-state index contributed by atoms with van der Waals surface area (Å²) in [6.07, 6.45) is 0. The Morgan fingerprint density at radius 3 is 2.80 bits per heavy atom. The van der Waals surface area contributed by atoms with Gasteiger partial charge in [-0.1, -0.05) is 15.9 Å². The van der Waals surface area contributed by atoms with Crippen molar-refractivity contribution >= 4 is 21.9 Å². The van der Waals surface area contributed by atoms with Crippen LogP contribution in [0.4, 0.5) is 0 Å². The number of hydrogen-bond donors (Lipinski definition) is 0. The van der Waals surface area contributed by atoms with Crippen molar-refractivity contribution in [3.05, 3.63) is 33.3 Å². The van der Waals surface area contributed by atoms with Crippen molar-refractivity contribution in [2.75, 3.05) is 6.61 Å². The molecule has 0 aromatic heterocycles. The number of esters is 1. The maximum Gasteiger partial charge on any atom is 0.338 e. The Labute approximate surface area is 96.8 Å². The lowest BCUT2D eigenvalue weighted by Gasteiger charge is -2.05. The van der Waals surface area contributed by atoms with Crippen molar-refractivity contribution in [3.63, 3.8) is 0 Å². The third-order valence-electron chi connectivity index (χ3n) is 1.98. The molecule has 1 aromatic carbocycles. The third kappa shape index (κ3) is 2.57.